The summed E-state index contributed by atoms with van der Waals surface area (Å²) in [5.41, 5.74) is 3.21. The van der Waals surface area contributed by atoms with Gasteiger partial charge in [0.15, 0.2) is 11.0 Å². The molecule has 32 heavy (non-hydrogen) atoms. The molecular weight excluding hydrogens is 420 g/mol. The first-order valence-corrected chi connectivity index (χ1v) is 11.8. The molecule has 0 spiro atoms. The van der Waals surface area contributed by atoms with Gasteiger partial charge in [-0.15, -0.1) is 10.2 Å². The average Bonchev–Trinajstić information content (AvgIpc) is 3.23. The number of hydrogen-bond donors (Lipinski definition) is 1. The van der Waals surface area contributed by atoms with Crippen LogP contribution in [0.5, 0.6) is 0 Å². The first kappa shape index (κ1) is 23.4. The van der Waals surface area contributed by atoms with E-state index in [1.165, 1.54) is 17.4 Å². The Kier molecular flexibility index (Phi) is 8.28. The summed E-state index contributed by atoms with van der Waals surface area (Å²) in [4.78, 5) is 14.6. The third-order valence-corrected chi connectivity index (χ3v) is 6.14. The number of nitrogens with one attached hydrogen (secondary N) is 1. The van der Waals surface area contributed by atoms with Gasteiger partial charge in [0.1, 0.15) is 6.07 Å². The number of hydrogen-bond acceptors (Lipinski definition) is 6. The van der Waals surface area contributed by atoms with Crippen LogP contribution >= 0.6 is 11.8 Å². The predicted molar refractivity (Wildman–Crippen MR) is 130 cm³/mol. The van der Waals surface area contributed by atoms with Crippen LogP contribution in [0.2, 0.25) is 0 Å². The lowest BCUT2D eigenvalue weighted by molar-refractivity contribution is -0.115. The molecule has 166 valence electrons. The number of nitriles is 1. The van der Waals surface area contributed by atoms with Crippen molar-refractivity contribution >= 4 is 29.0 Å². The van der Waals surface area contributed by atoms with Crippen molar-refractivity contribution in [2.75, 3.05) is 29.1 Å². The van der Waals surface area contributed by atoms with Gasteiger partial charge in [-0.1, -0.05) is 23.9 Å². The van der Waals surface area contributed by atoms with Crippen LogP contribution in [0.4, 0.5) is 11.4 Å². The summed E-state index contributed by atoms with van der Waals surface area (Å²) in [7, 11) is 0. The molecule has 0 saturated heterocycles. The van der Waals surface area contributed by atoms with Gasteiger partial charge in [0.05, 0.1) is 11.3 Å². The number of para-hydroxylation sites is 1. The van der Waals surface area contributed by atoms with E-state index in [0.29, 0.717) is 23.4 Å². The minimum absolute atomic E-state index is 0.130. The number of nitrogens with zero attached hydrogens (tertiary/aromatic N) is 5. The fourth-order valence-electron chi connectivity index (χ4n) is 3.44. The summed E-state index contributed by atoms with van der Waals surface area (Å²) >= 11 is 1.51. The van der Waals surface area contributed by atoms with Gasteiger partial charge in [-0.25, -0.2) is 0 Å². The number of carbonyl (C=O) groups is 1. The van der Waals surface area contributed by atoms with Gasteiger partial charge in [-0.2, -0.15) is 5.26 Å². The molecule has 1 heterocycles. The Balaban J connectivity index is 1.63. The third kappa shape index (κ3) is 5.48. The largest absolute Gasteiger partial charge is 0.372 e. The lowest BCUT2D eigenvalue weighted by Crippen LogP contribution is -2.21. The minimum Gasteiger partial charge on any atom is -0.372 e. The first-order chi connectivity index (χ1) is 15.6. The van der Waals surface area contributed by atoms with Crippen LogP contribution in [0.25, 0.3) is 11.4 Å². The van der Waals surface area contributed by atoms with Crippen molar-refractivity contribution in [3.63, 3.8) is 0 Å². The number of carbonyl (C=O) groups excluding carboxylic acids is 1. The van der Waals surface area contributed by atoms with E-state index < -0.39 is 0 Å². The molecule has 2 aromatic carbocycles. The normalized spacial score (nSPS) is 10.6. The molecule has 0 atom stereocenters. The Labute approximate surface area is 193 Å². The Bertz CT molecular complexity index is 1080. The van der Waals surface area contributed by atoms with Crippen LogP contribution in [-0.4, -0.2) is 39.5 Å². The molecule has 0 aliphatic rings. The lowest BCUT2D eigenvalue weighted by atomic mass is 10.2. The minimum atomic E-state index is -0.130. The molecule has 1 N–H and O–H groups in total. The highest BCUT2D eigenvalue weighted by atomic mass is 32.2. The highest BCUT2D eigenvalue weighted by Gasteiger charge is 2.14. The summed E-state index contributed by atoms with van der Waals surface area (Å²) in [6, 6.07) is 17.5. The van der Waals surface area contributed by atoms with E-state index >= 15 is 0 Å². The maximum Gasteiger partial charge on any atom is 0.225 e. The Morgan fingerprint density at radius 3 is 2.47 bits per heavy atom. The number of amides is 1. The molecule has 8 heteroatoms. The molecule has 0 unspecified atom stereocenters. The van der Waals surface area contributed by atoms with Crippen LogP contribution in [0.15, 0.2) is 53.7 Å². The fraction of sp³-hybridized carbons (Fsp3) is 0.333. The third-order valence-electron chi connectivity index (χ3n) is 5.17. The summed E-state index contributed by atoms with van der Waals surface area (Å²) in [5.74, 6) is 1.27. The highest BCUT2D eigenvalue weighted by molar-refractivity contribution is 7.99. The van der Waals surface area contributed by atoms with Crippen molar-refractivity contribution in [2.45, 2.75) is 38.9 Å². The van der Waals surface area contributed by atoms with E-state index in [1.807, 2.05) is 0 Å². The molecule has 0 fully saturated rings. The predicted octanol–water partition coefficient (Wildman–Crippen LogP) is 4.80. The maximum atomic E-state index is 12.3. The lowest BCUT2D eigenvalue weighted by Gasteiger charge is -2.21. The van der Waals surface area contributed by atoms with Crippen LogP contribution in [0, 0.1) is 11.3 Å². The summed E-state index contributed by atoms with van der Waals surface area (Å²) in [6.45, 7) is 9.04. The molecule has 1 amide bonds. The van der Waals surface area contributed by atoms with Gasteiger partial charge in [-0.05, 0) is 57.2 Å². The Morgan fingerprint density at radius 1 is 1.09 bits per heavy atom. The van der Waals surface area contributed by atoms with Gasteiger partial charge < -0.3 is 14.8 Å². The molecule has 0 saturated carbocycles. The van der Waals surface area contributed by atoms with Crippen molar-refractivity contribution in [3.05, 3.63) is 54.1 Å². The standard InChI is InChI=1S/C24H28N6OS/c1-4-29(5-2)20-13-11-18(12-14-20)23-27-28-24(30(23)6-3)32-16-15-22(31)26-21-10-8-7-9-19(21)17-25/h7-14H,4-6,15-16H2,1-3H3,(H,26,31). The van der Waals surface area contributed by atoms with Crippen molar-refractivity contribution in [2.24, 2.45) is 0 Å². The number of anilines is 2. The van der Waals surface area contributed by atoms with E-state index in [9.17, 15) is 4.79 Å². The Hall–Kier alpha value is -3.31. The second kappa shape index (κ2) is 11.3. The van der Waals surface area contributed by atoms with Crippen LogP contribution in [0.3, 0.4) is 0 Å². The first-order valence-electron chi connectivity index (χ1n) is 10.8. The molecule has 0 aliphatic carbocycles. The molecule has 0 radical (unpaired) electrons. The Morgan fingerprint density at radius 2 is 1.81 bits per heavy atom. The molecule has 3 aromatic rings. The fourth-order valence-corrected chi connectivity index (χ4v) is 4.38. The van der Waals surface area contributed by atoms with Crippen LogP contribution in [-0.2, 0) is 11.3 Å². The zero-order valence-electron chi connectivity index (χ0n) is 18.7. The van der Waals surface area contributed by atoms with E-state index in [0.717, 1.165) is 36.2 Å². The number of aromatic nitrogens is 3. The summed E-state index contributed by atoms with van der Waals surface area (Å²) < 4.78 is 2.07. The van der Waals surface area contributed by atoms with Crippen LogP contribution < -0.4 is 10.2 Å². The van der Waals surface area contributed by atoms with E-state index in [4.69, 9.17) is 5.26 Å². The second-order valence-electron chi connectivity index (χ2n) is 7.07. The average molecular weight is 449 g/mol. The molecule has 3 rings (SSSR count). The molecule has 7 nitrogen and oxygen atoms in total. The number of benzene rings is 2. The zero-order chi connectivity index (χ0) is 22.9. The molecule has 0 aliphatic heterocycles. The van der Waals surface area contributed by atoms with Gasteiger partial charge in [0.2, 0.25) is 5.91 Å². The molecule has 1 aromatic heterocycles. The monoisotopic (exact) mass is 448 g/mol. The summed E-state index contributed by atoms with van der Waals surface area (Å²) in [6.07, 6.45) is 0.314. The second-order valence-corrected chi connectivity index (χ2v) is 8.14. The van der Waals surface area contributed by atoms with Crippen molar-refractivity contribution in [1.82, 2.24) is 14.8 Å². The van der Waals surface area contributed by atoms with Crippen molar-refractivity contribution < 1.29 is 4.79 Å². The van der Waals surface area contributed by atoms with Crippen LogP contribution in [0.1, 0.15) is 32.8 Å². The topological polar surface area (TPSA) is 86.8 Å². The SMILES string of the molecule is CCN(CC)c1ccc(-c2nnc(SCCC(=O)Nc3ccccc3C#N)n2CC)cc1. The molecular formula is C24H28N6OS. The van der Waals surface area contributed by atoms with E-state index in [2.05, 4.69) is 76.1 Å². The molecule has 0 bridgehead atoms. The van der Waals surface area contributed by atoms with Gasteiger partial charge in [0, 0.05) is 43.1 Å². The zero-order valence-corrected chi connectivity index (χ0v) is 19.5. The smallest absolute Gasteiger partial charge is 0.225 e. The quantitative estimate of drug-likeness (QED) is 0.448. The van der Waals surface area contributed by atoms with E-state index in [1.54, 1.807) is 24.3 Å². The van der Waals surface area contributed by atoms with Gasteiger partial charge >= 0.3 is 0 Å². The van der Waals surface area contributed by atoms with Gasteiger partial charge in [-0.3, -0.25) is 4.79 Å². The summed E-state index contributed by atoms with van der Waals surface area (Å²) in [5, 5.41) is 21.5. The highest BCUT2D eigenvalue weighted by Crippen LogP contribution is 2.26. The van der Waals surface area contributed by atoms with Crippen molar-refractivity contribution in [1.29, 1.82) is 5.26 Å². The number of rotatable bonds is 10. The number of thioether (sulfide) groups is 1. The van der Waals surface area contributed by atoms with Gasteiger partial charge in [0.25, 0.3) is 0 Å². The maximum absolute atomic E-state index is 12.3. The van der Waals surface area contributed by atoms with E-state index in [-0.39, 0.29) is 5.91 Å². The van der Waals surface area contributed by atoms with Crippen molar-refractivity contribution in [3.8, 4) is 17.5 Å².